The van der Waals surface area contributed by atoms with Gasteiger partial charge in [0.25, 0.3) is 5.89 Å². The molecule has 0 aliphatic carbocycles. The summed E-state index contributed by atoms with van der Waals surface area (Å²) in [6, 6.07) is 15.0. The molecule has 0 fully saturated rings. The highest BCUT2D eigenvalue weighted by molar-refractivity contribution is 7.99. The van der Waals surface area contributed by atoms with Gasteiger partial charge >= 0.3 is 5.97 Å². The Balaban J connectivity index is 1.36. The van der Waals surface area contributed by atoms with Gasteiger partial charge in [0.15, 0.2) is 11.3 Å². The Kier molecular flexibility index (Phi) is 6.34. The van der Waals surface area contributed by atoms with Crippen molar-refractivity contribution < 1.29 is 13.9 Å². The van der Waals surface area contributed by atoms with Crippen molar-refractivity contribution >= 4 is 29.3 Å². The van der Waals surface area contributed by atoms with Crippen molar-refractivity contribution in [2.75, 3.05) is 5.75 Å². The molecule has 4 rings (SSSR count). The molecule has 0 aliphatic rings. The third-order valence-corrected chi connectivity index (χ3v) is 5.71. The first kappa shape index (κ1) is 21.1. The van der Waals surface area contributed by atoms with Gasteiger partial charge in [0.1, 0.15) is 6.33 Å². The maximum Gasteiger partial charge on any atom is 0.317 e. The molecule has 8 nitrogen and oxygen atoms in total. The van der Waals surface area contributed by atoms with Gasteiger partial charge in [-0.05, 0) is 43.7 Å². The molecule has 0 N–H and O–H groups in total. The molecule has 1 unspecified atom stereocenters. The molecule has 0 radical (unpaired) electrons. The van der Waals surface area contributed by atoms with Crippen LogP contribution in [0, 0.1) is 6.92 Å². The van der Waals surface area contributed by atoms with Gasteiger partial charge in [0.05, 0.1) is 11.4 Å². The maximum absolute atomic E-state index is 12.3. The Labute approximate surface area is 187 Å². The lowest BCUT2D eigenvalue weighted by Crippen LogP contribution is -2.12. The number of ether oxygens (including phenoxy) is 1. The number of hydrogen-bond acceptors (Lipinski definition) is 8. The van der Waals surface area contributed by atoms with Crippen molar-refractivity contribution in [3.8, 4) is 17.1 Å². The molecule has 31 heavy (non-hydrogen) atoms. The van der Waals surface area contributed by atoms with Gasteiger partial charge in [-0.1, -0.05) is 47.6 Å². The SMILES string of the molecule is Cc1ccc(-n2cnnc2SCC(=O)OC(C)c2nnc(-c3ccccc3)o2)cc1Cl. The first-order chi connectivity index (χ1) is 15.0. The molecule has 0 bridgehead atoms. The largest absolute Gasteiger partial charge is 0.452 e. The van der Waals surface area contributed by atoms with Gasteiger partial charge in [-0.25, -0.2) is 0 Å². The standard InChI is InChI=1S/C21H18ClN5O3S/c1-13-8-9-16(10-17(13)22)27-12-23-26-21(27)31-11-18(28)29-14(2)19-24-25-20(30-19)15-6-4-3-5-7-15/h3-10,12,14H,11H2,1-2H3. The predicted molar refractivity (Wildman–Crippen MR) is 116 cm³/mol. The summed E-state index contributed by atoms with van der Waals surface area (Å²) in [5.41, 5.74) is 2.58. The molecule has 0 spiro atoms. The topological polar surface area (TPSA) is 95.9 Å². The van der Waals surface area contributed by atoms with E-state index in [0.717, 1.165) is 16.8 Å². The molecule has 1 atom stereocenters. The van der Waals surface area contributed by atoms with Crippen LogP contribution in [-0.2, 0) is 9.53 Å². The summed E-state index contributed by atoms with van der Waals surface area (Å²) in [4.78, 5) is 12.3. The number of aromatic nitrogens is 5. The highest BCUT2D eigenvalue weighted by Crippen LogP contribution is 2.25. The van der Waals surface area contributed by atoms with Crippen LogP contribution in [0.3, 0.4) is 0 Å². The third-order valence-electron chi connectivity index (χ3n) is 4.39. The Bertz CT molecular complexity index is 1190. The lowest BCUT2D eigenvalue weighted by atomic mass is 10.2. The second-order valence-corrected chi connectivity index (χ2v) is 8.00. The second kappa shape index (κ2) is 9.32. The fourth-order valence-corrected chi connectivity index (χ4v) is 3.62. The third kappa shape index (κ3) is 4.95. The van der Waals surface area contributed by atoms with Gasteiger partial charge in [0, 0.05) is 10.6 Å². The van der Waals surface area contributed by atoms with Crippen molar-refractivity contribution in [2.45, 2.75) is 25.1 Å². The molecule has 4 aromatic rings. The van der Waals surface area contributed by atoms with E-state index in [1.165, 1.54) is 11.8 Å². The Morgan fingerprint density at radius 3 is 2.77 bits per heavy atom. The van der Waals surface area contributed by atoms with Crippen LogP contribution in [0.1, 0.15) is 24.5 Å². The van der Waals surface area contributed by atoms with Gasteiger partial charge < -0.3 is 9.15 Å². The average molecular weight is 456 g/mol. The van der Waals surface area contributed by atoms with Crippen LogP contribution in [0.5, 0.6) is 0 Å². The average Bonchev–Trinajstić information content (AvgIpc) is 3.45. The quantitative estimate of drug-likeness (QED) is 0.293. The number of rotatable bonds is 7. The van der Waals surface area contributed by atoms with Crippen molar-refractivity contribution in [1.82, 2.24) is 25.0 Å². The maximum atomic E-state index is 12.3. The van der Waals surface area contributed by atoms with Crippen LogP contribution in [0.2, 0.25) is 5.02 Å². The Hall–Kier alpha value is -3.17. The Morgan fingerprint density at radius 1 is 1.19 bits per heavy atom. The lowest BCUT2D eigenvalue weighted by molar-refractivity contribution is -0.146. The molecular formula is C21H18ClN5O3S. The zero-order valence-electron chi connectivity index (χ0n) is 16.7. The summed E-state index contributed by atoms with van der Waals surface area (Å²) in [7, 11) is 0. The Morgan fingerprint density at radius 2 is 2.00 bits per heavy atom. The van der Waals surface area contributed by atoms with Gasteiger partial charge in [-0.3, -0.25) is 9.36 Å². The molecule has 2 heterocycles. The molecule has 158 valence electrons. The van der Waals surface area contributed by atoms with E-state index < -0.39 is 12.1 Å². The second-order valence-electron chi connectivity index (χ2n) is 6.65. The summed E-state index contributed by atoms with van der Waals surface area (Å²) >= 11 is 7.42. The van der Waals surface area contributed by atoms with Crippen LogP contribution >= 0.6 is 23.4 Å². The van der Waals surface area contributed by atoms with Crippen molar-refractivity contribution in [3.63, 3.8) is 0 Å². The van der Waals surface area contributed by atoms with E-state index in [9.17, 15) is 4.79 Å². The fraction of sp³-hybridized carbons (Fsp3) is 0.190. The molecule has 0 saturated heterocycles. The predicted octanol–water partition coefficient (Wildman–Crippen LogP) is 4.68. The van der Waals surface area contributed by atoms with Crippen LogP contribution in [0.4, 0.5) is 0 Å². The van der Waals surface area contributed by atoms with Crippen molar-refractivity contribution in [1.29, 1.82) is 0 Å². The normalized spacial score (nSPS) is 12.0. The van der Waals surface area contributed by atoms with Gasteiger partial charge in [-0.2, -0.15) is 0 Å². The van der Waals surface area contributed by atoms with Crippen LogP contribution in [-0.4, -0.2) is 36.7 Å². The molecular weight excluding hydrogens is 438 g/mol. The minimum atomic E-state index is -0.674. The van der Waals surface area contributed by atoms with Crippen LogP contribution in [0.15, 0.2) is 64.4 Å². The summed E-state index contributed by atoms with van der Waals surface area (Å²) in [5, 5.41) is 17.2. The number of esters is 1. The number of carbonyl (C=O) groups is 1. The van der Waals surface area contributed by atoms with Gasteiger partial charge in [-0.15, -0.1) is 20.4 Å². The highest BCUT2D eigenvalue weighted by atomic mass is 35.5. The van der Waals surface area contributed by atoms with Crippen LogP contribution < -0.4 is 0 Å². The monoisotopic (exact) mass is 455 g/mol. The van der Waals surface area contributed by atoms with E-state index in [1.54, 1.807) is 17.8 Å². The zero-order valence-corrected chi connectivity index (χ0v) is 18.3. The zero-order chi connectivity index (χ0) is 21.8. The molecule has 2 aromatic carbocycles. The summed E-state index contributed by atoms with van der Waals surface area (Å²) in [6.45, 7) is 3.61. The highest BCUT2D eigenvalue weighted by Gasteiger charge is 2.20. The minimum absolute atomic E-state index is 0.0440. The number of benzene rings is 2. The van der Waals surface area contributed by atoms with E-state index in [4.69, 9.17) is 20.8 Å². The number of carbonyl (C=O) groups excluding carboxylic acids is 1. The first-order valence-electron chi connectivity index (χ1n) is 9.39. The molecule has 2 aromatic heterocycles. The first-order valence-corrected chi connectivity index (χ1v) is 10.8. The van der Waals surface area contributed by atoms with Crippen molar-refractivity contribution in [3.05, 3.63) is 71.3 Å². The number of aryl methyl sites for hydroxylation is 1. The number of thioether (sulfide) groups is 1. The minimum Gasteiger partial charge on any atom is -0.452 e. The van der Waals surface area contributed by atoms with E-state index in [2.05, 4.69) is 20.4 Å². The summed E-state index contributed by atoms with van der Waals surface area (Å²) < 4.78 is 12.8. The van der Waals surface area contributed by atoms with Gasteiger partial charge in [0.2, 0.25) is 5.89 Å². The number of halogens is 1. The number of nitrogens with zero attached hydrogens (tertiary/aromatic N) is 5. The lowest BCUT2D eigenvalue weighted by Gasteiger charge is -2.10. The van der Waals surface area contributed by atoms with E-state index in [1.807, 2.05) is 55.5 Å². The summed E-state index contributed by atoms with van der Waals surface area (Å²) in [5.74, 6) is 0.211. The fourth-order valence-electron chi connectivity index (χ4n) is 2.73. The van der Waals surface area contributed by atoms with E-state index in [-0.39, 0.29) is 11.6 Å². The van der Waals surface area contributed by atoms with E-state index in [0.29, 0.717) is 16.1 Å². The molecule has 10 heteroatoms. The van der Waals surface area contributed by atoms with Crippen molar-refractivity contribution in [2.24, 2.45) is 0 Å². The number of hydrogen-bond donors (Lipinski definition) is 0. The molecule has 0 saturated carbocycles. The van der Waals surface area contributed by atoms with E-state index >= 15 is 0 Å². The molecule has 0 amide bonds. The summed E-state index contributed by atoms with van der Waals surface area (Å²) in [6.07, 6.45) is 0.896. The van der Waals surface area contributed by atoms with Crippen LogP contribution in [0.25, 0.3) is 17.1 Å². The smallest absolute Gasteiger partial charge is 0.317 e. The molecule has 0 aliphatic heterocycles.